The van der Waals surface area contributed by atoms with Crippen LogP contribution in [0.4, 0.5) is 10.3 Å². The van der Waals surface area contributed by atoms with Gasteiger partial charge in [-0.05, 0) is 12.1 Å². The summed E-state index contributed by atoms with van der Waals surface area (Å²) in [6, 6.07) is 5.09. The van der Waals surface area contributed by atoms with Gasteiger partial charge in [0, 0.05) is 7.05 Å². The number of hydrogen-bond donors (Lipinski definition) is 1. The van der Waals surface area contributed by atoms with Crippen LogP contribution >= 0.6 is 0 Å². The zero-order valence-electron chi connectivity index (χ0n) is 11.3. The molecule has 0 aliphatic rings. The van der Waals surface area contributed by atoms with E-state index in [0.717, 1.165) is 6.20 Å². The Hall–Kier alpha value is -2.57. The second kappa shape index (κ2) is 6.05. The monoisotopic (exact) mass is 279 g/mol. The highest BCUT2D eigenvalue weighted by atomic mass is 19.1. The van der Waals surface area contributed by atoms with Crippen LogP contribution in [0.5, 0.6) is 23.1 Å². The number of para-hydroxylation sites is 1. The zero-order chi connectivity index (χ0) is 14.5. The summed E-state index contributed by atoms with van der Waals surface area (Å²) in [5.74, 6) is 0.415. The average molecular weight is 279 g/mol. The van der Waals surface area contributed by atoms with Crippen molar-refractivity contribution in [2.24, 2.45) is 0 Å². The molecule has 2 rings (SSSR count). The molecule has 1 aromatic carbocycles. The maximum Gasteiger partial charge on any atom is 0.261 e. The SMILES string of the molecule is CNc1ncc(F)c(Oc2c(OC)cccc2OC)n1. The minimum Gasteiger partial charge on any atom is -0.493 e. The van der Waals surface area contributed by atoms with Gasteiger partial charge in [0.15, 0.2) is 11.5 Å². The molecule has 0 unspecified atom stereocenters. The number of benzene rings is 1. The quantitative estimate of drug-likeness (QED) is 0.907. The lowest BCUT2D eigenvalue weighted by atomic mass is 10.3. The topological polar surface area (TPSA) is 65.5 Å². The van der Waals surface area contributed by atoms with Gasteiger partial charge in [-0.2, -0.15) is 9.37 Å². The van der Waals surface area contributed by atoms with Crippen LogP contribution < -0.4 is 19.5 Å². The molecule has 0 fully saturated rings. The molecule has 0 saturated carbocycles. The van der Waals surface area contributed by atoms with E-state index in [-0.39, 0.29) is 17.6 Å². The molecule has 0 radical (unpaired) electrons. The standard InChI is InChI=1S/C13H14FN3O3/c1-15-13-16-7-8(14)12(17-13)20-11-9(18-2)5-4-6-10(11)19-3/h4-7H,1-3H3,(H,15,16,17). The molecule has 7 heteroatoms. The Labute approximate surface area is 115 Å². The van der Waals surface area contributed by atoms with Crippen molar-refractivity contribution in [3.05, 3.63) is 30.2 Å². The molecule has 20 heavy (non-hydrogen) atoms. The normalized spacial score (nSPS) is 10.0. The predicted octanol–water partition coefficient (Wildman–Crippen LogP) is 2.47. The number of aromatic nitrogens is 2. The molecule has 1 heterocycles. The third-order valence-electron chi connectivity index (χ3n) is 2.52. The van der Waals surface area contributed by atoms with E-state index < -0.39 is 5.82 Å². The summed E-state index contributed by atoms with van der Waals surface area (Å²) in [4.78, 5) is 7.65. The smallest absolute Gasteiger partial charge is 0.261 e. The van der Waals surface area contributed by atoms with Crippen molar-refractivity contribution in [2.45, 2.75) is 0 Å². The van der Waals surface area contributed by atoms with Crippen molar-refractivity contribution in [1.82, 2.24) is 9.97 Å². The molecule has 0 spiro atoms. The molecule has 0 amide bonds. The van der Waals surface area contributed by atoms with Crippen molar-refractivity contribution in [1.29, 1.82) is 0 Å². The number of anilines is 1. The minimum absolute atomic E-state index is 0.216. The van der Waals surface area contributed by atoms with Gasteiger partial charge in [0.2, 0.25) is 17.5 Å². The van der Waals surface area contributed by atoms with Gasteiger partial charge < -0.3 is 19.5 Å². The fourth-order valence-electron chi connectivity index (χ4n) is 1.56. The van der Waals surface area contributed by atoms with Gasteiger partial charge in [-0.1, -0.05) is 6.07 Å². The van der Waals surface area contributed by atoms with Crippen LogP contribution in [0.2, 0.25) is 0 Å². The Morgan fingerprint density at radius 3 is 2.35 bits per heavy atom. The lowest BCUT2D eigenvalue weighted by Crippen LogP contribution is -2.01. The van der Waals surface area contributed by atoms with Gasteiger partial charge in [-0.25, -0.2) is 4.98 Å². The van der Waals surface area contributed by atoms with Gasteiger partial charge in [0.25, 0.3) is 5.88 Å². The fraction of sp³-hybridized carbons (Fsp3) is 0.231. The molecule has 1 N–H and O–H groups in total. The van der Waals surface area contributed by atoms with Gasteiger partial charge in [0.05, 0.1) is 20.4 Å². The lowest BCUT2D eigenvalue weighted by Gasteiger charge is -2.13. The third kappa shape index (κ3) is 2.71. The predicted molar refractivity (Wildman–Crippen MR) is 71.2 cm³/mol. The van der Waals surface area contributed by atoms with Crippen LogP contribution in [0.1, 0.15) is 0 Å². The summed E-state index contributed by atoms with van der Waals surface area (Å²) in [6.45, 7) is 0. The van der Waals surface area contributed by atoms with Crippen LogP contribution in [-0.2, 0) is 0 Å². The lowest BCUT2D eigenvalue weighted by molar-refractivity contribution is 0.333. The second-order valence-corrected chi connectivity index (χ2v) is 3.69. The average Bonchev–Trinajstić information content (AvgIpc) is 2.49. The van der Waals surface area contributed by atoms with Crippen molar-refractivity contribution in [3.8, 4) is 23.1 Å². The van der Waals surface area contributed by atoms with Crippen LogP contribution in [0.25, 0.3) is 0 Å². The number of halogens is 1. The Morgan fingerprint density at radius 2 is 1.80 bits per heavy atom. The number of nitrogens with one attached hydrogen (secondary N) is 1. The van der Waals surface area contributed by atoms with E-state index >= 15 is 0 Å². The van der Waals surface area contributed by atoms with E-state index in [2.05, 4.69) is 15.3 Å². The Balaban J connectivity index is 2.43. The largest absolute Gasteiger partial charge is 0.493 e. The van der Waals surface area contributed by atoms with E-state index in [0.29, 0.717) is 11.5 Å². The minimum atomic E-state index is -0.683. The molecule has 6 nitrogen and oxygen atoms in total. The number of nitrogens with zero attached hydrogens (tertiary/aromatic N) is 2. The van der Waals surface area contributed by atoms with E-state index in [9.17, 15) is 4.39 Å². The number of hydrogen-bond acceptors (Lipinski definition) is 6. The molecule has 106 valence electrons. The summed E-state index contributed by atoms with van der Waals surface area (Å²) in [7, 11) is 4.59. The molecule has 1 aromatic heterocycles. The number of rotatable bonds is 5. The first-order chi connectivity index (χ1) is 9.69. The third-order valence-corrected chi connectivity index (χ3v) is 2.52. The molecule has 0 aliphatic carbocycles. The zero-order valence-corrected chi connectivity index (χ0v) is 11.3. The van der Waals surface area contributed by atoms with Gasteiger partial charge in [-0.15, -0.1) is 0 Å². The highest BCUT2D eigenvalue weighted by Gasteiger charge is 2.16. The summed E-state index contributed by atoms with van der Waals surface area (Å²) in [6.07, 6.45) is 1.02. The molecular formula is C13H14FN3O3. The highest BCUT2D eigenvalue weighted by molar-refractivity contribution is 5.52. The van der Waals surface area contributed by atoms with E-state index in [1.54, 1.807) is 25.2 Å². The van der Waals surface area contributed by atoms with Gasteiger partial charge >= 0.3 is 0 Å². The summed E-state index contributed by atoms with van der Waals surface area (Å²) in [5, 5.41) is 2.71. The first kappa shape index (κ1) is 13.9. The van der Waals surface area contributed by atoms with Crippen LogP contribution in [0.15, 0.2) is 24.4 Å². The highest BCUT2D eigenvalue weighted by Crippen LogP contribution is 2.39. The first-order valence-electron chi connectivity index (χ1n) is 5.78. The second-order valence-electron chi connectivity index (χ2n) is 3.69. The van der Waals surface area contributed by atoms with E-state index in [4.69, 9.17) is 14.2 Å². The number of ether oxygens (including phenoxy) is 3. The van der Waals surface area contributed by atoms with Crippen LogP contribution in [0.3, 0.4) is 0 Å². The maximum absolute atomic E-state index is 13.7. The fourth-order valence-corrected chi connectivity index (χ4v) is 1.56. The summed E-state index contributed by atoms with van der Waals surface area (Å²) in [5.41, 5.74) is 0. The maximum atomic E-state index is 13.7. The molecule has 2 aromatic rings. The number of methoxy groups -OCH3 is 2. The van der Waals surface area contributed by atoms with Crippen molar-refractivity contribution < 1.29 is 18.6 Å². The van der Waals surface area contributed by atoms with Crippen molar-refractivity contribution >= 4 is 5.95 Å². The molecule has 0 atom stereocenters. The molecular weight excluding hydrogens is 265 g/mol. The van der Waals surface area contributed by atoms with Crippen molar-refractivity contribution in [3.63, 3.8) is 0 Å². The van der Waals surface area contributed by atoms with E-state index in [1.165, 1.54) is 14.2 Å². The molecule has 0 saturated heterocycles. The molecule has 0 bridgehead atoms. The van der Waals surface area contributed by atoms with Crippen molar-refractivity contribution in [2.75, 3.05) is 26.6 Å². The summed E-state index contributed by atoms with van der Waals surface area (Å²) < 4.78 is 29.5. The van der Waals surface area contributed by atoms with E-state index in [1.807, 2.05) is 0 Å². The molecule has 0 aliphatic heterocycles. The first-order valence-corrected chi connectivity index (χ1v) is 5.78. The van der Waals surface area contributed by atoms with Crippen LogP contribution in [-0.4, -0.2) is 31.2 Å². The van der Waals surface area contributed by atoms with Gasteiger partial charge in [-0.3, -0.25) is 0 Å². The Bertz CT molecular complexity index is 585. The Kier molecular flexibility index (Phi) is 4.19. The van der Waals surface area contributed by atoms with Crippen LogP contribution in [0, 0.1) is 5.82 Å². The summed E-state index contributed by atoms with van der Waals surface area (Å²) >= 11 is 0. The Morgan fingerprint density at radius 1 is 1.15 bits per heavy atom. The van der Waals surface area contributed by atoms with Gasteiger partial charge in [0.1, 0.15) is 0 Å².